The molecule has 7 heteroatoms. The van der Waals surface area contributed by atoms with Gasteiger partial charge >= 0.3 is 0 Å². The summed E-state index contributed by atoms with van der Waals surface area (Å²) < 4.78 is 27.6. The molecule has 0 spiro atoms. The van der Waals surface area contributed by atoms with E-state index in [0.29, 0.717) is 18.4 Å². The second-order valence-corrected chi connectivity index (χ2v) is 6.91. The fraction of sp³-hybridized carbons (Fsp3) is 0.800. The normalized spacial score (nSPS) is 14.2. The van der Waals surface area contributed by atoms with Crippen molar-refractivity contribution in [1.29, 1.82) is 0 Å². The number of nitrogens with zero attached hydrogens (tertiary/aromatic N) is 2. The van der Waals surface area contributed by atoms with Gasteiger partial charge in [-0.05, 0) is 19.4 Å². The Bertz CT molecular complexity index is 453. The fourth-order valence-corrected chi connectivity index (χ4v) is 1.64. The van der Waals surface area contributed by atoms with Crippen molar-refractivity contribution in [2.24, 2.45) is 5.92 Å². The first kappa shape index (κ1) is 14.1. The van der Waals surface area contributed by atoms with E-state index in [0.717, 1.165) is 12.8 Å². The van der Waals surface area contributed by atoms with Crippen LogP contribution >= 0.6 is 0 Å². The lowest BCUT2D eigenvalue weighted by Crippen LogP contribution is -2.19. The maximum atomic E-state index is 11.3. The van der Waals surface area contributed by atoms with Gasteiger partial charge in [0.25, 0.3) is 0 Å². The largest absolute Gasteiger partial charge is 0.338 e. The summed E-state index contributed by atoms with van der Waals surface area (Å²) in [6, 6.07) is 0. The average molecular weight is 261 g/mol. The summed E-state index contributed by atoms with van der Waals surface area (Å²) in [6.07, 6.45) is 1.16. The zero-order valence-corrected chi connectivity index (χ0v) is 11.4. The molecule has 0 aliphatic heterocycles. The molecule has 0 radical (unpaired) electrons. The van der Waals surface area contributed by atoms with Crippen LogP contribution in [-0.4, -0.2) is 31.4 Å². The van der Waals surface area contributed by atoms with E-state index < -0.39 is 15.1 Å². The highest BCUT2D eigenvalue weighted by molar-refractivity contribution is 7.90. The average Bonchev–Trinajstić information content (AvgIpc) is 2.63. The molecule has 1 rings (SSSR count). The molecular formula is C10H19N3O3S. The van der Waals surface area contributed by atoms with Crippen molar-refractivity contribution in [1.82, 2.24) is 15.5 Å². The highest BCUT2D eigenvalue weighted by atomic mass is 32.2. The van der Waals surface area contributed by atoms with Gasteiger partial charge in [0.15, 0.2) is 15.7 Å². The standard InChI is InChI=1S/C10H19N3O3S/c1-7(2)5-11-6-9-12-10(13-16-9)8(3)17(4,14)15/h7-8,11H,5-6H2,1-4H3. The van der Waals surface area contributed by atoms with Gasteiger partial charge in [0.05, 0.1) is 6.54 Å². The van der Waals surface area contributed by atoms with E-state index >= 15 is 0 Å². The first-order chi connectivity index (χ1) is 7.80. The molecule has 0 fully saturated rings. The second-order valence-electron chi connectivity index (χ2n) is 4.54. The molecule has 1 atom stereocenters. The van der Waals surface area contributed by atoms with Gasteiger partial charge in [-0.2, -0.15) is 4.98 Å². The number of hydrogen-bond donors (Lipinski definition) is 1. The monoisotopic (exact) mass is 261 g/mol. The van der Waals surface area contributed by atoms with Crippen LogP contribution in [0.1, 0.15) is 37.7 Å². The van der Waals surface area contributed by atoms with Crippen LogP contribution in [0.3, 0.4) is 0 Å². The molecule has 0 aliphatic rings. The summed E-state index contributed by atoms with van der Waals surface area (Å²) in [6.45, 7) is 7.04. The second kappa shape index (κ2) is 5.59. The Hall–Kier alpha value is -0.950. The van der Waals surface area contributed by atoms with Crippen molar-refractivity contribution < 1.29 is 12.9 Å². The molecule has 0 bridgehead atoms. The molecule has 1 N–H and O–H groups in total. The molecule has 1 aromatic rings. The van der Waals surface area contributed by atoms with Gasteiger partial charge in [-0.25, -0.2) is 8.42 Å². The summed E-state index contributed by atoms with van der Waals surface area (Å²) >= 11 is 0. The van der Waals surface area contributed by atoms with Crippen molar-refractivity contribution in [3.05, 3.63) is 11.7 Å². The Balaban J connectivity index is 2.60. The van der Waals surface area contributed by atoms with E-state index in [1.54, 1.807) is 6.92 Å². The fourth-order valence-electron chi connectivity index (χ4n) is 1.16. The quantitative estimate of drug-likeness (QED) is 0.819. The summed E-state index contributed by atoms with van der Waals surface area (Å²) in [4.78, 5) is 4.05. The summed E-state index contributed by atoms with van der Waals surface area (Å²) in [5.74, 6) is 1.16. The van der Waals surface area contributed by atoms with Gasteiger partial charge in [-0.3, -0.25) is 0 Å². The number of nitrogens with one attached hydrogen (secondary N) is 1. The lowest BCUT2D eigenvalue weighted by atomic mass is 10.2. The predicted molar refractivity (Wildman–Crippen MR) is 64.1 cm³/mol. The van der Waals surface area contributed by atoms with Crippen molar-refractivity contribution >= 4 is 9.84 Å². The van der Waals surface area contributed by atoms with Gasteiger partial charge in [0, 0.05) is 6.26 Å². The van der Waals surface area contributed by atoms with Crippen molar-refractivity contribution in [2.45, 2.75) is 32.6 Å². The van der Waals surface area contributed by atoms with Crippen LogP contribution in [0.2, 0.25) is 0 Å². The van der Waals surface area contributed by atoms with E-state index in [2.05, 4.69) is 29.3 Å². The minimum absolute atomic E-state index is 0.217. The van der Waals surface area contributed by atoms with Crippen LogP contribution in [-0.2, 0) is 16.4 Å². The Morgan fingerprint density at radius 1 is 1.35 bits per heavy atom. The van der Waals surface area contributed by atoms with E-state index in [4.69, 9.17) is 4.52 Å². The van der Waals surface area contributed by atoms with E-state index in [1.807, 2.05) is 0 Å². The third kappa shape index (κ3) is 4.43. The third-order valence-electron chi connectivity index (χ3n) is 2.32. The first-order valence-corrected chi connectivity index (χ1v) is 7.48. The molecule has 0 saturated heterocycles. The van der Waals surface area contributed by atoms with Gasteiger partial charge in [0.1, 0.15) is 5.25 Å². The maximum absolute atomic E-state index is 11.3. The third-order valence-corrected chi connectivity index (χ3v) is 3.81. The van der Waals surface area contributed by atoms with E-state index in [9.17, 15) is 8.42 Å². The zero-order valence-electron chi connectivity index (χ0n) is 10.6. The number of hydrogen-bond acceptors (Lipinski definition) is 6. The highest BCUT2D eigenvalue weighted by Gasteiger charge is 2.22. The predicted octanol–water partition coefficient (Wildman–Crippen LogP) is 0.921. The van der Waals surface area contributed by atoms with Gasteiger partial charge in [0.2, 0.25) is 5.89 Å². The van der Waals surface area contributed by atoms with Crippen LogP contribution in [0.25, 0.3) is 0 Å². The number of aromatic nitrogens is 2. The number of sulfone groups is 1. The van der Waals surface area contributed by atoms with E-state index in [1.165, 1.54) is 0 Å². The van der Waals surface area contributed by atoms with Gasteiger partial charge in [-0.15, -0.1) is 0 Å². The molecule has 0 aliphatic carbocycles. The van der Waals surface area contributed by atoms with Crippen molar-refractivity contribution in [2.75, 3.05) is 12.8 Å². The molecular weight excluding hydrogens is 242 g/mol. The van der Waals surface area contributed by atoms with Crippen LogP contribution in [0.15, 0.2) is 4.52 Å². The summed E-state index contributed by atoms with van der Waals surface area (Å²) in [7, 11) is -3.18. The lowest BCUT2D eigenvalue weighted by Gasteiger charge is -2.03. The van der Waals surface area contributed by atoms with Crippen molar-refractivity contribution in [3.8, 4) is 0 Å². The van der Waals surface area contributed by atoms with Crippen LogP contribution in [0.5, 0.6) is 0 Å². The summed E-state index contributed by atoms with van der Waals surface area (Å²) in [5, 5.41) is 6.09. The molecule has 0 amide bonds. The highest BCUT2D eigenvalue weighted by Crippen LogP contribution is 2.17. The van der Waals surface area contributed by atoms with E-state index in [-0.39, 0.29) is 5.82 Å². The minimum atomic E-state index is -3.18. The number of rotatable bonds is 6. The van der Waals surface area contributed by atoms with Crippen molar-refractivity contribution in [3.63, 3.8) is 0 Å². The van der Waals surface area contributed by atoms with Crippen LogP contribution in [0, 0.1) is 5.92 Å². The molecule has 1 heterocycles. The lowest BCUT2D eigenvalue weighted by molar-refractivity contribution is 0.359. The van der Waals surface area contributed by atoms with Crippen LogP contribution in [0.4, 0.5) is 0 Å². The molecule has 0 saturated carbocycles. The van der Waals surface area contributed by atoms with Gasteiger partial charge < -0.3 is 9.84 Å². The Morgan fingerprint density at radius 2 is 2.00 bits per heavy atom. The molecule has 17 heavy (non-hydrogen) atoms. The van der Waals surface area contributed by atoms with Gasteiger partial charge in [-0.1, -0.05) is 19.0 Å². The maximum Gasteiger partial charge on any atom is 0.240 e. The summed E-state index contributed by atoms with van der Waals surface area (Å²) in [5.41, 5.74) is 0. The first-order valence-electron chi connectivity index (χ1n) is 5.52. The molecule has 1 aromatic heterocycles. The SMILES string of the molecule is CC(C)CNCc1nc(C(C)S(C)(=O)=O)no1. The molecule has 0 aromatic carbocycles. The molecule has 1 unspecified atom stereocenters. The Kier molecular flexibility index (Phi) is 4.64. The van der Waals surface area contributed by atoms with Crippen LogP contribution < -0.4 is 5.32 Å². The topological polar surface area (TPSA) is 85.1 Å². The Labute approximate surface area is 102 Å². The molecule has 6 nitrogen and oxygen atoms in total. The minimum Gasteiger partial charge on any atom is -0.338 e. The Morgan fingerprint density at radius 3 is 2.53 bits per heavy atom. The molecule has 98 valence electrons. The smallest absolute Gasteiger partial charge is 0.240 e. The zero-order chi connectivity index (χ0) is 13.1.